The number of halogens is 1. The molecule has 0 spiro atoms. The fourth-order valence-corrected chi connectivity index (χ4v) is 3.27. The number of hydrogen-bond donors (Lipinski definition) is 2. The van der Waals surface area contributed by atoms with E-state index in [2.05, 4.69) is 21.2 Å². The second kappa shape index (κ2) is 8.61. The molecule has 0 unspecified atom stereocenters. The fourth-order valence-electron chi connectivity index (χ4n) is 3.00. The number of methoxy groups -OCH3 is 1. The number of aliphatic hydroxyl groups is 1. The Hall–Kier alpha value is -3.29. The van der Waals surface area contributed by atoms with Crippen molar-refractivity contribution in [1.29, 1.82) is 0 Å². The van der Waals surface area contributed by atoms with E-state index < -0.39 is 0 Å². The van der Waals surface area contributed by atoms with Gasteiger partial charge in [0.2, 0.25) is 0 Å². The first-order valence-corrected chi connectivity index (χ1v) is 9.92. The molecule has 0 saturated heterocycles. The molecule has 1 amide bonds. The van der Waals surface area contributed by atoms with E-state index in [0.717, 1.165) is 10.0 Å². The lowest BCUT2D eigenvalue weighted by atomic mass is 10.1. The van der Waals surface area contributed by atoms with Gasteiger partial charge in [0.1, 0.15) is 29.6 Å². The highest BCUT2D eigenvalue weighted by molar-refractivity contribution is 9.10. The summed E-state index contributed by atoms with van der Waals surface area (Å²) in [6.07, 6.45) is 0. The maximum atomic E-state index is 12.6. The summed E-state index contributed by atoms with van der Waals surface area (Å²) in [5, 5.41) is 12.0. The number of hydrogen-bond acceptors (Lipinski definition) is 5. The minimum Gasteiger partial charge on any atom is -0.496 e. The van der Waals surface area contributed by atoms with E-state index in [1.165, 1.54) is 7.11 Å². The van der Waals surface area contributed by atoms with Gasteiger partial charge >= 0.3 is 0 Å². The van der Waals surface area contributed by atoms with Gasteiger partial charge in [-0.05, 0) is 48.5 Å². The molecular formula is C23H18BrNO5. The lowest BCUT2D eigenvalue weighted by Crippen LogP contribution is -2.10. The summed E-state index contributed by atoms with van der Waals surface area (Å²) in [5.41, 5.74) is 2.14. The highest BCUT2D eigenvalue weighted by Gasteiger charge is 2.15. The van der Waals surface area contributed by atoms with E-state index in [1.54, 1.807) is 42.5 Å². The molecule has 0 aliphatic heterocycles. The maximum absolute atomic E-state index is 12.6. The van der Waals surface area contributed by atoms with Gasteiger partial charge in [-0.2, -0.15) is 0 Å². The molecule has 2 aromatic carbocycles. The number of amides is 1. The van der Waals surface area contributed by atoms with Gasteiger partial charge in [-0.15, -0.1) is 0 Å². The van der Waals surface area contributed by atoms with Crippen LogP contribution in [0.25, 0.3) is 22.6 Å². The van der Waals surface area contributed by atoms with Crippen molar-refractivity contribution in [2.75, 3.05) is 12.4 Å². The van der Waals surface area contributed by atoms with Gasteiger partial charge in [0.05, 0.1) is 12.7 Å². The van der Waals surface area contributed by atoms with Crippen LogP contribution in [0.1, 0.15) is 16.3 Å². The third-order valence-electron chi connectivity index (χ3n) is 4.50. The summed E-state index contributed by atoms with van der Waals surface area (Å²) in [6.45, 7) is -0.179. The van der Waals surface area contributed by atoms with Crippen molar-refractivity contribution in [2.24, 2.45) is 0 Å². The van der Waals surface area contributed by atoms with Crippen molar-refractivity contribution in [2.45, 2.75) is 6.61 Å². The maximum Gasteiger partial charge on any atom is 0.291 e. The van der Waals surface area contributed by atoms with Crippen LogP contribution in [0.4, 0.5) is 5.69 Å². The third-order valence-corrected chi connectivity index (χ3v) is 5.03. The second-order valence-corrected chi connectivity index (χ2v) is 7.38. The lowest BCUT2D eigenvalue weighted by Gasteiger charge is -2.10. The van der Waals surface area contributed by atoms with E-state index in [-0.39, 0.29) is 18.3 Å². The average Bonchev–Trinajstić information content (AvgIpc) is 3.44. The summed E-state index contributed by atoms with van der Waals surface area (Å²) >= 11 is 3.40. The standard InChI is InChI=1S/C23H18BrNO5/c1-28-22-12-16(6-8-18(22)20-9-7-17(13-26)29-20)25-23(27)21-11-10-19(30-21)14-2-4-15(24)5-3-14/h2-12,26H,13H2,1H3,(H,25,27). The highest BCUT2D eigenvalue weighted by Crippen LogP contribution is 2.34. The Morgan fingerprint density at radius 1 is 1.00 bits per heavy atom. The largest absolute Gasteiger partial charge is 0.496 e. The van der Waals surface area contributed by atoms with Gasteiger partial charge in [-0.1, -0.05) is 28.1 Å². The summed E-state index contributed by atoms with van der Waals surface area (Å²) < 4.78 is 17.7. The van der Waals surface area contributed by atoms with Gasteiger partial charge in [-0.25, -0.2) is 0 Å². The average molecular weight is 468 g/mol. The molecule has 2 heterocycles. The summed E-state index contributed by atoms with van der Waals surface area (Å²) in [5.74, 6) is 2.01. The molecule has 0 saturated carbocycles. The minimum atomic E-state index is -0.367. The Morgan fingerprint density at radius 2 is 1.77 bits per heavy atom. The molecule has 152 valence electrons. The van der Waals surface area contributed by atoms with Gasteiger partial charge < -0.3 is 24.0 Å². The van der Waals surface area contributed by atoms with E-state index in [4.69, 9.17) is 13.6 Å². The van der Waals surface area contributed by atoms with Crippen LogP contribution < -0.4 is 10.1 Å². The van der Waals surface area contributed by atoms with Gasteiger partial charge in [0, 0.05) is 21.8 Å². The van der Waals surface area contributed by atoms with Crippen molar-refractivity contribution in [3.63, 3.8) is 0 Å². The Kier molecular flexibility index (Phi) is 5.74. The zero-order chi connectivity index (χ0) is 21.1. The first-order valence-electron chi connectivity index (χ1n) is 9.12. The number of nitrogens with one attached hydrogen (secondary N) is 1. The van der Waals surface area contributed by atoms with Crippen molar-refractivity contribution >= 4 is 27.5 Å². The zero-order valence-electron chi connectivity index (χ0n) is 16.0. The monoisotopic (exact) mass is 467 g/mol. The molecule has 30 heavy (non-hydrogen) atoms. The summed E-state index contributed by atoms with van der Waals surface area (Å²) in [6, 6.07) is 19.7. The third kappa shape index (κ3) is 4.17. The molecule has 0 aliphatic carbocycles. The summed E-state index contributed by atoms with van der Waals surface area (Å²) in [7, 11) is 1.54. The predicted molar refractivity (Wildman–Crippen MR) is 116 cm³/mol. The van der Waals surface area contributed by atoms with Crippen molar-refractivity contribution in [3.8, 4) is 28.4 Å². The van der Waals surface area contributed by atoms with Gasteiger partial charge in [0.15, 0.2) is 5.76 Å². The van der Waals surface area contributed by atoms with Crippen LogP contribution in [0.3, 0.4) is 0 Å². The Balaban J connectivity index is 1.52. The normalized spacial score (nSPS) is 10.8. The second-order valence-electron chi connectivity index (χ2n) is 6.46. The molecule has 4 rings (SSSR count). The molecular weight excluding hydrogens is 450 g/mol. The molecule has 2 N–H and O–H groups in total. The quantitative estimate of drug-likeness (QED) is 0.378. The van der Waals surface area contributed by atoms with Gasteiger partial charge in [-0.3, -0.25) is 4.79 Å². The number of carbonyl (C=O) groups is 1. The Labute approximate surface area is 181 Å². The lowest BCUT2D eigenvalue weighted by molar-refractivity contribution is 0.0997. The van der Waals surface area contributed by atoms with E-state index in [1.807, 2.05) is 24.3 Å². The van der Waals surface area contributed by atoms with Crippen LogP contribution in [0, 0.1) is 0 Å². The van der Waals surface area contributed by atoms with E-state index in [9.17, 15) is 9.90 Å². The SMILES string of the molecule is COc1cc(NC(=O)c2ccc(-c3ccc(Br)cc3)o2)ccc1-c1ccc(CO)o1. The van der Waals surface area contributed by atoms with Crippen LogP contribution >= 0.6 is 15.9 Å². The Bertz CT molecular complexity index is 1180. The van der Waals surface area contributed by atoms with E-state index in [0.29, 0.717) is 34.3 Å². The van der Waals surface area contributed by atoms with Crippen molar-refractivity contribution in [1.82, 2.24) is 0 Å². The van der Waals surface area contributed by atoms with Crippen LogP contribution in [-0.4, -0.2) is 18.1 Å². The van der Waals surface area contributed by atoms with Crippen LogP contribution in [-0.2, 0) is 6.61 Å². The number of furan rings is 2. The number of rotatable bonds is 6. The molecule has 6 nitrogen and oxygen atoms in total. The number of anilines is 1. The molecule has 0 radical (unpaired) electrons. The summed E-state index contributed by atoms with van der Waals surface area (Å²) in [4.78, 5) is 12.6. The molecule has 4 aromatic rings. The number of ether oxygens (including phenoxy) is 1. The molecule has 0 aliphatic rings. The number of aliphatic hydroxyl groups excluding tert-OH is 1. The number of benzene rings is 2. The first kappa shape index (κ1) is 20.0. The predicted octanol–water partition coefficient (Wildman–Crippen LogP) is 5.72. The molecule has 7 heteroatoms. The molecule has 0 bridgehead atoms. The zero-order valence-corrected chi connectivity index (χ0v) is 17.6. The molecule has 0 atom stereocenters. The van der Waals surface area contributed by atoms with Crippen molar-refractivity contribution < 1.29 is 23.5 Å². The fraction of sp³-hybridized carbons (Fsp3) is 0.0870. The van der Waals surface area contributed by atoms with E-state index >= 15 is 0 Å². The van der Waals surface area contributed by atoms with Crippen LogP contribution in [0.2, 0.25) is 0 Å². The van der Waals surface area contributed by atoms with Crippen molar-refractivity contribution in [3.05, 3.63) is 82.7 Å². The molecule has 2 aromatic heterocycles. The van der Waals surface area contributed by atoms with Crippen LogP contribution in [0.15, 0.2) is 80.0 Å². The van der Waals surface area contributed by atoms with Gasteiger partial charge in [0.25, 0.3) is 5.91 Å². The van der Waals surface area contributed by atoms with Crippen LogP contribution in [0.5, 0.6) is 5.75 Å². The highest BCUT2D eigenvalue weighted by atomic mass is 79.9. The Morgan fingerprint density at radius 3 is 2.47 bits per heavy atom. The minimum absolute atomic E-state index is 0.179. The number of carbonyl (C=O) groups excluding carboxylic acids is 1. The topological polar surface area (TPSA) is 84.8 Å². The first-order chi connectivity index (χ1) is 14.6. The molecule has 0 fully saturated rings. The smallest absolute Gasteiger partial charge is 0.291 e.